The first-order chi connectivity index (χ1) is 12.8. The second-order valence-corrected chi connectivity index (χ2v) is 7.85. The molecule has 0 N–H and O–H groups in total. The summed E-state index contributed by atoms with van der Waals surface area (Å²) in [7, 11) is -2.49. The Balaban J connectivity index is 1.54. The molecule has 2 aromatic rings. The van der Waals surface area contributed by atoms with Crippen molar-refractivity contribution in [2.24, 2.45) is 0 Å². The van der Waals surface area contributed by atoms with Gasteiger partial charge in [0.25, 0.3) is 0 Å². The van der Waals surface area contributed by atoms with E-state index in [4.69, 9.17) is 9.05 Å². The van der Waals surface area contributed by atoms with Gasteiger partial charge in [0.2, 0.25) is 0 Å². The second kappa shape index (κ2) is 12.9. The standard InChI is InChI=1S/C22H33O3P/c1-2-3-4-5-6-7-8-9-10-13-19-24-26(23)25-22-18-14-16-20-15-11-12-17-21(20)22/h11-12,14-18,26H,2-10,13,19H2,1H3. The van der Waals surface area contributed by atoms with Gasteiger partial charge in [-0.25, -0.2) is 4.57 Å². The Bertz CT molecular complexity index is 651. The van der Waals surface area contributed by atoms with Crippen molar-refractivity contribution in [3.8, 4) is 5.75 Å². The molecule has 0 amide bonds. The van der Waals surface area contributed by atoms with E-state index >= 15 is 0 Å². The van der Waals surface area contributed by atoms with Crippen LogP contribution in [-0.4, -0.2) is 6.61 Å². The smallest absolute Gasteiger partial charge is 0.367 e. The zero-order chi connectivity index (χ0) is 18.5. The molecule has 0 saturated heterocycles. The third-order valence-corrected chi connectivity index (χ3v) is 5.49. The highest BCUT2D eigenvalue weighted by atomic mass is 31.1. The summed E-state index contributed by atoms with van der Waals surface area (Å²) in [5.74, 6) is 0.634. The molecule has 0 aliphatic heterocycles. The molecule has 0 spiro atoms. The van der Waals surface area contributed by atoms with Crippen LogP contribution in [0.4, 0.5) is 0 Å². The molecule has 3 nitrogen and oxygen atoms in total. The third-order valence-electron chi connectivity index (χ3n) is 4.66. The maximum Gasteiger partial charge on any atom is 0.367 e. The molecule has 0 fully saturated rings. The van der Waals surface area contributed by atoms with Crippen LogP contribution in [0, 0.1) is 0 Å². The molecule has 0 bridgehead atoms. The van der Waals surface area contributed by atoms with Gasteiger partial charge in [-0.15, -0.1) is 0 Å². The van der Waals surface area contributed by atoms with Gasteiger partial charge >= 0.3 is 8.25 Å². The molecule has 0 heterocycles. The number of fused-ring (bicyclic) bond motifs is 1. The second-order valence-electron chi connectivity index (χ2n) is 6.86. The Morgan fingerprint density at radius 2 is 1.38 bits per heavy atom. The quantitative estimate of drug-likeness (QED) is 0.252. The Morgan fingerprint density at radius 3 is 2.12 bits per heavy atom. The molecule has 0 radical (unpaired) electrons. The summed E-state index contributed by atoms with van der Waals surface area (Å²) in [5.41, 5.74) is 0. The number of hydrogen-bond donors (Lipinski definition) is 0. The summed E-state index contributed by atoms with van der Waals surface area (Å²) in [6.45, 7) is 2.77. The van der Waals surface area contributed by atoms with Crippen molar-refractivity contribution in [2.75, 3.05) is 6.61 Å². The van der Waals surface area contributed by atoms with Gasteiger partial charge in [0.05, 0.1) is 6.61 Å². The first-order valence-corrected chi connectivity index (χ1v) is 11.4. The van der Waals surface area contributed by atoms with Crippen LogP contribution >= 0.6 is 8.25 Å². The predicted octanol–water partition coefficient (Wildman–Crippen LogP) is 7.55. The molecule has 4 heteroatoms. The first kappa shape index (κ1) is 21.0. The van der Waals surface area contributed by atoms with Crippen LogP contribution in [0.15, 0.2) is 42.5 Å². The van der Waals surface area contributed by atoms with Crippen molar-refractivity contribution in [1.29, 1.82) is 0 Å². The van der Waals surface area contributed by atoms with E-state index < -0.39 is 8.25 Å². The lowest BCUT2D eigenvalue weighted by molar-refractivity contribution is 0.278. The van der Waals surface area contributed by atoms with E-state index in [0.29, 0.717) is 12.4 Å². The number of benzene rings is 2. The van der Waals surface area contributed by atoms with Crippen LogP contribution in [0.3, 0.4) is 0 Å². The highest BCUT2D eigenvalue weighted by molar-refractivity contribution is 7.33. The summed E-state index contributed by atoms with van der Waals surface area (Å²) in [4.78, 5) is 0. The van der Waals surface area contributed by atoms with Gasteiger partial charge < -0.3 is 9.05 Å². The third kappa shape index (κ3) is 7.93. The van der Waals surface area contributed by atoms with Gasteiger partial charge in [-0.3, -0.25) is 0 Å². The molecule has 0 saturated carbocycles. The maximum atomic E-state index is 12.1. The predicted molar refractivity (Wildman–Crippen MR) is 111 cm³/mol. The van der Waals surface area contributed by atoms with E-state index in [1.54, 1.807) is 0 Å². The number of rotatable bonds is 14. The van der Waals surface area contributed by atoms with Crippen LogP contribution < -0.4 is 4.52 Å². The van der Waals surface area contributed by atoms with Crippen molar-refractivity contribution in [1.82, 2.24) is 0 Å². The Morgan fingerprint density at radius 1 is 0.769 bits per heavy atom. The Kier molecular flexibility index (Phi) is 10.5. The van der Waals surface area contributed by atoms with Crippen LogP contribution in [-0.2, 0) is 9.09 Å². The fourth-order valence-electron chi connectivity index (χ4n) is 3.15. The minimum Gasteiger partial charge on any atom is -0.426 e. The van der Waals surface area contributed by atoms with Crippen LogP contribution in [0.1, 0.15) is 71.1 Å². The number of hydrogen-bond acceptors (Lipinski definition) is 3. The lowest BCUT2D eigenvalue weighted by Gasteiger charge is -2.09. The minimum atomic E-state index is -2.49. The molecular weight excluding hydrogens is 343 g/mol. The van der Waals surface area contributed by atoms with E-state index in [9.17, 15) is 4.57 Å². The van der Waals surface area contributed by atoms with Crippen molar-refractivity contribution in [3.63, 3.8) is 0 Å². The van der Waals surface area contributed by atoms with Crippen molar-refractivity contribution < 1.29 is 13.6 Å². The Hall–Kier alpha value is -1.31. The summed E-state index contributed by atoms with van der Waals surface area (Å²) in [6, 6.07) is 13.7. The Labute approximate surface area is 159 Å². The molecule has 2 aromatic carbocycles. The van der Waals surface area contributed by atoms with Crippen molar-refractivity contribution in [3.05, 3.63) is 42.5 Å². The molecular formula is C22H33O3P. The molecule has 1 atom stereocenters. The maximum absolute atomic E-state index is 12.1. The zero-order valence-electron chi connectivity index (χ0n) is 16.0. The molecule has 2 rings (SSSR count). The minimum absolute atomic E-state index is 0.513. The van der Waals surface area contributed by atoms with E-state index in [-0.39, 0.29) is 0 Å². The summed E-state index contributed by atoms with van der Waals surface area (Å²) < 4.78 is 23.0. The highest BCUT2D eigenvalue weighted by Crippen LogP contribution is 2.33. The highest BCUT2D eigenvalue weighted by Gasteiger charge is 2.06. The molecule has 0 aliphatic carbocycles. The van der Waals surface area contributed by atoms with Gasteiger partial charge in [0.15, 0.2) is 0 Å². The van der Waals surface area contributed by atoms with Crippen LogP contribution in [0.2, 0.25) is 0 Å². The van der Waals surface area contributed by atoms with Gasteiger partial charge in [0.1, 0.15) is 5.75 Å². The van der Waals surface area contributed by atoms with E-state index in [1.807, 2.05) is 42.5 Å². The zero-order valence-corrected chi connectivity index (χ0v) is 17.0. The molecule has 144 valence electrons. The van der Waals surface area contributed by atoms with Crippen LogP contribution in [0.5, 0.6) is 5.75 Å². The summed E-state index contributed by atoms with van der Waals surface area (Å²) >= 11 is 0. The van der Waals surface area contributed by atoms with Crippen molar-refractivity contribution in [2.45, 2.75) is 71.1 Å². The SMILES string of the molecule is CCCCCCCCCCCCO[PH](=O)Oc1cccc2ccccc12. The lowest BCUT2D eigenvalue weighted by Crippen LogP contribution is -1.92. The lowest BCUT2D eigenvalue weighted by atomic mass is 10.1. The monoisotopic (exact) mass is 376 g/mol. The van der Waals surface area contributed by atoms with Gasteiger partial charge in [0, 0.05) is 5.39 Å². The molecule has 26 heavy (non-hydrogen) atoms. The van der Waals surface area contributed by atoms with Gasteiger partial charge in [-0.1, -0.05) is 101 Å². The average molecular weight is 376 g/mol. The fourth-order valence-corrected chi connectivity index (χ4v) is 3.88. The van der Waals surface area contributed by atoms with Gasteiger partial charge in [-0.05, 0) is 17.9 Å². The van der Waals surface area contributed by atoms with E-state index in [0.717, 1.165) is 23.6 Å². The molecule has 0 aliphatic rings. The average Bonchev–Trinajstić information content (AvgIpc) is 2.66. The molecule has 0 aromatic heterocycles. The van der Waals surface area contributed by atoms with Crippen molar-refractivity contribution >= 4 is 19.0 Å². The first-order valence-electron chi connectivity index (χ1n) is 10.1. The van der Waals surface area contributed by atoms with Crippen LogP contribution in [0.25, 0.3) is 10.8 Å². The summed E-state index contributed by atoms with van der Waals surface area (Å²) in [6.07, 6.45) is 12.8. The van der Waals surface area contributed by atoms with E-state index in [2.05, 4.69) is 6.92 Å². The molecule has 1 unspecified atom stereocenters. The number of unbranched alkanes of at least 4 members (excludes halogenated alkanes) is 9. The fraction of sp³-hybridized carbons (Fsp3) is 0.545. The largest absolute Gasteiger partial charge is 0.426 e. The van der Waals surface area contributed by atoms with E-state index in [1.165, 1.54) is 51.4 Å². The topological polar surface area (TPSA) is 35.5 Å². The van der Waals surface area contributed by atoms with Gasteiger partial charge in [-0.2, -0.15) is 0 Å². The normalized spacial score (nSPS) is 12.3. The summed E-state index contributed by atoms with van der Waals surface area (Å²) in [5, 5.41) is 2.05.